The standard InChI is InChI=1S/C21H20FNO6/c1-27-9-3-8-23-19(24)16-6-4-13(11-17(16)20(23)25)21(26)29-12-14-10-15(22)5-7-18(14)28-2/h4-7,10-11H,3,8-9,12H2,1-2H3. The molecule has 0 saturated carbocycles. The van der Waals surface area contributed by atoms with E-state index < -0.39 is 23.6 Å². The van der Waals surface area contributed by atoms with Crippen LogP contribution in [-0.4, -0.2) is 50.1 Å². The minimum absolute atomic E-state index is 0.124. The van der Waals surface area contributed by atoms with Crippen LogP contribution in [0.4, 0.5) is 4.39 Å². The molecule has 1 aliphatic heterocycles. The Morgan fingerprint density at radius 2 is 1.79 bits per heavy atom. The third-order valence-corrected chi connectivity index (χ3v) is 4.54. The number of hydrogen-bond acceptors (Lipinski definition) is 6. The van der Waals surface area contributed by atoms with Crippen molar-refractivity contribution >= 4 is 17.8 Å². The van der Waals surface area contributed by atoms with Crippen molar-refractivity contribution in [2.75, 3.05) is 27.4 Å². The summed E-state index contributed by atoms with van der Waals surface area (Å²) in [6, 6.07) is 8.10. The van der Waals surface area contributed by atoms with E-state index in [0.29, 0.717) is 24.3 Å². The van der Waals surface area contributed by atoms with E-state index in [-0.39, 0.29) is 29.8 Å². The van der Waals surface area contributed by atoms with Crippen LogP contribution in [0.5, 0.6) is 5.75 Å². The number of carbonyl (C=O) groups is 3. The Kier molecular flexibility index (Phi) is 6.23. The Bertz CT molecular complexity index is 958. The van der Waals surface area contributed by atoms with Gasteiger partial charge < -0.3 is 14.2 Å². The first-order valence-corrected chi connectivity index (χ1v) is 8.95. The van der Waals surface area contributed by atoms with Crippen molar-refractivity contribution in [3.05, 3.63) is 64.5 Å². The van der Waals surface area contributed by atoms with E-state index in [9.17, 15) is 18.8 Å². The number of benzene rings is 2. The fourth-order valence-electron chi connectivity index (χ4n) is 3.07. The van der Waals surface area contributed by atoms with Gasteiger partial charge in [0.1, 0.15) is 18.2 Å². The van der Waals surface area contributed by atoms with Crippen LogP contribution >= 0.6 is 0 Å². The zero-order valence-corrected chi connectivity index (χ0v) is 16.1. The Labute approximate surface area is 167 Å². The van der Waals surface area contributed by atoms with Crippen LogP contribution in [0.3, 0.4) is 0 Å². The van der Waals surface area contributed by atoms with Gasteiger partial charge in [-0.2, -0.15) is 0 Å². The summed E-state index contributed by atoms with van der Waals surface area (Å²) in [6.45, 7) is 0.459. The average Bonchev–Trinajstić information content (AvgIpc) is 2.96. The summed E-state index contributed by atoms with van der Waals surface area (Å²) >= 11 is 0. The normalized spacial score (nSPS) is 12.9. The molecule has 0 spiro atoms. The first kappa shape index (κ1) is 20.5. The summed E-state index contributed by atoms with van der Waals surface area (Å²) in [6.07, 6.45) is 0.520. The maximum absolute atomic E-state index is 13.4. The van der Waals surface area contributed by atoms with Crippen LogP contribution in [-0.2, 0) is 16.1 Å². The minimum atomic E-state index is -0.697. The molecule has 0 atom stereocenters. The van der Waals surface area contributed by atoms with Gasteiger partial charge in [0.2, 0.25) is 0 Å². The van der Waals surface area contributed by atoms with Crippen molar-refractivity contribution in [1.82, 2.24) is 4.90 Å². The second-order valence-electron chi connectivity index (χ2n) is 6.40. The third-order valence-electron chi connectivity index (χ3n) is 4.54. The van der Waals surface area contributed by atoms with Gasteiger partial charge in [0, 0.05) is 25.8 Å². The second kappa shape index (κ2) is 8.83. The SMILES string of the molecule is COCCCN1C(=O)c2ccc(C(=O)OCc3cc(F)ccc3OC)cc2C1=O. The Morgan fingerprint density at radius 3 is 2.52 bits per heavy atom. The number of esters is 1. The summed E-state index contributed by atoms with van der Waals surface area (Å²) in [5.74, 6) is -1.64. The highest BCUT2D eigenvalue weighted by Crippen LogP contribution is 2.25. The molecule has 1 aliphatic rings. The number of halogens is 1. The first-order valence-electron chi connectivity index (χ1n) is 8.95. The predicted octanol–water partition coefficient (Wildman–Crippen LogP) is 2.82. The highest BCUT2D eigenvalue weighted by atomic mass is 19.1. The number of nitrogens with zero attached hydrogens (tertiary/aromatic N) is 1. The maximum atomic E-state index is 13.4. The lowest BCUT2D eigenvalue weighted by atomic mass is 10.1. The summed E-state index contributed by atoms with van der Waals surface area (Å²) in [5, 5.41) is 0. The van der Waals surface area contributed by atoms with Gasteiger partial charge >= 0.3 is 5.97 Å². The molecule has 1 heterocycles. The molecule has 3 rings (SSSR count). The second-order valence-corrected chi connectivity index (χ2v) is 6.40. The van der Waals surface area contributed by atoms with Gasteiger partial charge in [-0.3, -0.25) is 14.5 Å². The Hall–Kier alpha value is -3.26. The molecule has 152 valence electrons. The number of fused-ring (bicyclic) bond motifs is 1. The lowest BCUT2D eigenvalue weighted by Gasteiger charge is -2.12. The van der Waals surface area contributed by atoms with Crippen LogP contribution in [0.25, 0.3) is 0 Å². The lowest BCUT2D eigenvalue weighted by Crippen LogP contribution is -2.31. The van der Waals surface area contributed by atoms with Gasteiger partial charge in [0.25, 0.3) is 11.8 Å². The van der Waals surface area contributed by atoms with Crippen LogP contribution in [0, 0.1) is 5.82 Å². The number of carbonyl (C=O) groups excluding carboxylic acids is 3. The number of imide groups is 1. The molecule has 2 aromatic rings. The van der Waals surface area contributed by atoms with E-state index in [2.05, 4.69) is 0 Å². The Balaban J connectivity index is 1.72. The van der Waals surface area contributed by atoms with Crippen LogP contribution < -0.4 is 4.74 Å². The Morgan fingerprint density at radius 1 is 1.03 bits per heavy atom. The molecular formula is C21H20FNO6. The molecule has 0 aliphatic carbocycles. The van der Waals surface area contributed by atoms with Gasteiger partial charge in [-0.25, -0.2) is 9.18 Å². The number of rotatable bonds is 8. The largest absolute Gasteiger partial charge is 0.496 e. The summed E-state index contributed by atoms with van der Waals surface area (Å²) in [4.78, 5) is 38.5. The molecule has 0 unspecified atom stereocenters. The molecule has 0 bridgehead atoms. The fraction of sp³-hybridized carbons (Fsp3) is 0.286. The van der Waals surface area contributed by atoms with Crippen LogP contribution in [0.15, 0.2) is 36.4 Å². The molecular weight excluding hydrogens is 381 g/mol. The van der Waals surface area contributed by atoms with Crippen molar-refractivity contribution < 1.29 is 33.0 Å². The van der Waals surface area contributed by atoms with Gasteiger partial charge in [-0.05, 0) is 42.8 Å². The van der Waals surface area contributed by atoms with Gasteiger partial charge in [-0.1, -0.05) is 0 Å². The van der Waals surface area contributed by atoms with E-state index in [0.717, 1.165) is 4.90 Å². The zero-order chi connectivity index (χ0) is 21.0. The molecule has 2 amide bonds. The summed E-state index contributed by atoms with van der Waals surface area (Å²) in [5.41, 5.74) is 0.901. The monoisotopic (exact) mass is 401 g/mol. The molecule has 0 saturated heterocycles. The van der Waals surface area contributed by atoms with Crippen LogP contribution in [0.2, 0.25) is 0 Å². The molecule has 0 aromatic heterocycles. The molecule has 29 heavy (non-hydrogen) atoms. The number of amides is 2. The minimum Gasteiger partial charge on any atom is -0.496 e. The smallest absolute Gasteiger partial charge is 0.338 e. The predicted molar refractivity (Wildman–Crippen MR) is 100 cm³/mol. The van der Waals surface area contributed by atoms with Crippen molar-refractivity contribution in [1.29, 1.82) is 0 Å². The van der Waals surface area contributed by atoms with Crippen molar-refractivity contribution in [2.45, 2.75) is 13.0 Å². The average molecular weight is 401 g/mol. The maximum Gasteiger partial charge on any atom is 0.338 e. The number of hydrogen-bond donors (Lipinski definition) is 0. The fourth-order valence-corrected chi connectivity index (χ4v) is 3.07. The first-order chi connectivity index (χ1) is 14.0. The molecule has 8 heteroatoms. The number of methoxy groups -OCH3 is 2. The quantitative estimate of drug-likeness (QED) is 0.384. The van der Waals surface area contributed by atoms with Crippen molar-refractivity contribution in [2.24, 2.45) is 0 Å². The van der Waals surface area contributed by atoms with E-state index >= 15 is 0 Å². The molecule has 0 N–H and O–H groups in total. The van der Waals surface area contributed by atoms with Crippen molar-refractivity contribution in [3.8, 4) is 5.75 Å². The van der Waals surface area contributed by atoms with E-state index in [1.54, 1.807) is 7.11 Å². The third kappa shape index (κ3) is 4.27. The van der Waals surface area contributed by atoms with Crippen LogP contribution in [0.1, 0.15) is 43.1 Å². The summed E-state index contributed by atoms with van der Waals surface area (Å²) < 4.78 is 28.7. The van der Waals surface area contributed by atoms with Gasteiger partial charge in [-0.15, -0.1) is 0 Å². The van der Waals surface area contributed by atoms with E-state index in [1.165, 1.54) is 43.5 Å². The molecule has 2 aromatic carbocycles. The van der Waals surface area contributed by atoms with E-state index in [4.69, 9.17) is 14.2 Å². The summed E-state index contributed by atoms with van der Waals surface area (Å²) in [7, 11) is 2.97. The topological polar surface area (TPSA) is 82.1 Å². The number of ether oxygens (including phenoxy) is 3. The van der Waals surface area contributed by atoms with Crippen molar-refractivity contribution in [3.63, 3.8) is 0 Å². The highest BCUT2D eigenvalue weighted by Gasteiger charge is 2.35. The van der Waals surface area contributed by atoms with E-state index in [1.807, 2.05) is 0 Å². The highest BCUT2D eigenvalue weighted by molar-refractivity contribution is 6.21. The van der Waals surface area contributed by atoms with Gasteiger partial charge in [0.15, 0.2) is 0 Å². The van der Waals surface area contributed by atoms with Gasteiger partial charge in [0.05, 0.1) is 23.8 Å². The molecule has 0 fully saturated rings. The molecule has 0 radical (unpaired) electrons. The molecule has 7 nitrogen and oxygen atoms in total. The lowest BCUT2D eigenvalue weighted by molar-refractivity contribution is 0.0469. The zero-order valence-electron chi connectivity index (χ0n) is 16.1.